The van der Waals surface area contributed by atoms with Crippen LogP contribution in [0.15, 0.2) is 54.6 Å². The highest BCUT2D eigenvalue weighted by Gasteiger charge is 2.34. The first-order valence-corrected chi connectivity index (χ1v) is 20.1. The summed E-state index contributed by atoms with van der Waals surface area (Å²) in [6.07, 6.45) is 1.72. The molecule has 2 aliphatic rings. The first-order valence-electron chi connectivity index (χ1n) is 19.4. The number of hydrogen-bond acceptors (Lipinski definition) is 13. The summed E-state index contributed by atoms with van der Waals surface area (Å²) < 4.78 is 93.9. The molecule has 6 aromatic rings. The Morgan fingerprint density at radius 2 is 1.49 bits per heavy atom. The van der Waals surface area contributed by atoms with Crippen LogP contribution < -0.4 is 10.1 Å². The van der Waals surface area contributed by atoms with Crippen molar-refractivity contribution in [1.82, 2.24) is 29.9 Å². The van der Waals surface area contributed by atoms with Gasteiger partial charge in [-0.05, 0) is 94.0 Å². The largest absolute Gasteiger partial charge is 0.444 e. The minimum Gasteiger partial charge on any atom is -0.444 e. The van der Waals surface area contributed by atoms with Crippen molar-refractivity contribution < 1.29 is 49.8 Å². The number of carbonyl (C=O) groups is 2. The highest BCUT2D eigenvalue weighted by molar-refractivity contribution is 7.18. The van der Waals surface area contributed by atoms with E-state index in [-0.39, 0.29) is 33.2 Å². The van der Waals surface area contributed by atoms with Crippen molar-refractivity contribution in [3.8, 4) is 12.0 Å². The molecule has 8 rings (SSSR count). The van der Waals surface area contributed by atoms with Crippen LogP contribution in [0, 0.1) is 18.4 Å². The molecule has 6 heterocycles. The number of thiazole rings is 2. The number of nitrogens with zero attached hydrogens (tertiary/aromatic N) is 7. The van der Waals surface area contributed by atoms with Gasteiger partial charge >= 0.3 is 18.4 Å². The van der Waals surface area contributed by atoms with E-state index in [4.69, 9.17) is 13.0 Å². The van der Waals surface area contributed by atoms with Gasteiger partial charge in [0.1, 0.15) is 49.2 Å². The van der Waals surface area contributed by atoms with Gasteiger partial charge in [0.15, 0.2) is 0 Å². The molecule has 326 valence electrons. The second kappa shape index (κ2) is 18.8. The highest BCUT2D eigenvalue weighted by Crippen LogP contribution is 2.47. The van der Waals surface area contributed by atoms with E-state index in [2.05, 4.69) is 40.0 Å². The summed E-state index contributed by atoms with van der Waals surface area (Å²) in [5.74, 6) is 0.555. The van der Waals surface area contributed by atoms with E-state index in [1.54, 1.807) is 17.9 Å². The smallest absolute Gasteiger partial charge is 0.433 e. The van der Waals surface area contributed by atoms with E-state index in [1.807, 2.05) is 27.7 Å². The fraction of sp³-hybridized carbons (Fsp3) is 0.390. The van der Waals surface area contributed by atoms with Gasteiger partial charge in [0.2, 0.25) is 0 Å². The first kappa shape index (κ1) is 44.7. The van der Waals surface area contributed by atoms with Crippen LogP contribution in [0.25, 0.3) is 20.7 Å². The number of Topliss-reactive ketones (excluding diaryl/α,β-unsaturated/α-hetero) is 1. The van der Waals surface area contributed by atoms with Crippen LogP contribution in [0.1, 0.15) is 109 Å². The number of ether oxygens (including phenoxy) is 2. The normalized spacial score (nSPS) is 13.9. The third kappa shape index (κ3) is 12.6. The number of amides is 1. The minimum atomic E-state index is -4.52. The molecule has 0 unspecified atom stereocenters. The van der Waals surface area contributed by atoms with Crippen molar-refractivity contribution in [2.75, 3.05) is 5.32 Å². The quantitative estimate of drug-likeness (QED) is 0.114. The Bertz CT molecular complexity index is 2570. The molecule has 20 heteroatoms. The zero-order chi connectivity index (χ0) is 45.4. The number of hydrogen-bond donors (Lipinski definition) is 1. The second-order valence-electron chi connectivity index (χ2n) is 14.9. The number of pyridine rings is 4. The van der Waals surface area contributed by atoms with Crippen LogP contribution in [0.2, 0.25) is 0 Å². The molecule has 0 aliphatic heterocycles. The van der Waals surface area contributed by atoms with E-state index >= 15 is 0 Å². The van der Waals surface area contributed by atoms with Gasteiger partial charge < -0.3 is 9.47 Å². The Balaban J connectivity index is 0.000000261. The maximum absolute atomic E-state index is 12.8. The Morgan fingerprint density at radius 3 is 2.11 bits per heavy atom. The lowest BCUT2D eigenvalue weighted by molar-refractivity contribution is -0.142. The van der Waals surface area contributed by atoms with E-state index in [0.717, 1.165) is 92.2 Å². The molecule has 6 aromatic heterocycles. The number of carbonyl (C=O) groups excluding carboxylic acids is 2. The molecule has 0 atom stereocenters. The van der Waals surface area contributed by atoms with Crippen LogP contribution in [0.5, 0.6) is 5.75 Å². The molecule has 0 bridgehead atoms. The summed E-state index contributed by atoms with van der Waals surface area (Å²) in [7, 11) is 0. The average Bonchev–Trinajstić information content (AvgIpc) is 4.13. The van der Waals surface area contributed by atoms with Crippen molar-refractivity contribution in [3.63, 3.8) is 0 Å². The molecule has 0 saturated heterocycles. The summed E-state index contributed by atoms with van der Waals surface area (Å²) in [5, 5.41) is 11.8. The fourth-order valence-electron chi connectivity index (χ4n) is 6.07. The number of rotatable bonds is 8. The van der Waals surface area contributed by atoms with E-state index in [0.29, 0.717) is 23.5 Å². The second-order valence-corrected chi connectivity index (χ2v) is 16.9. The molecule has 0 radical (unpaired) electrons. The molecule has 61 heavy (non-hydrogen) atoms. The average molecular weight is 897 g/mol. The van der Waals surface area contributed by atoms with Gasteiger partial charge in [0.25, 0.3) is 6.26 Å². The zero-order valence-corrected chi connectivity index (χ0v) is 34.1. The summed E-state index contributed by atoms with van der Waals surface area (Å²) in [6, 6.07) is 4.20. The Labute approximate surface area is 359 Å². The number of fused-ring (bicyclic) bond motifs is 2. The lowest BCUT2D eigenvalue weighted by Crippen LogP contribution is -2.27. The zero-order valence-electron chi connectivity index (χ0n) is 34.4. The molecule has 1 N–H and O–H groups in total. The molecular weight excluding hydrogens is 847 g/mol. The van der Waals surface area contributed by atoms with Crippen molar-refractivity contribution in [3.05, 3.63) is 93.2 Å². The molecule has 2 aliphatic carbocycles. The van der Waals surface area contributed by atoms with Crippen molar-refractivity contribution >= 4 is 60.9 Å². The molecule has 0 spiro atoms. The number of nitriles is 1. The van der Waals surface area contributed by atoms with Gasteiger partial charge in [-0.2, -0.15) is 26.3 Å². The number of alkyl halides is 6. The summed E-state index contributed by atoms with van der Waals surface area (Å²) in [4.78, 5) is 50.4. The Hall–Kier alpha value is -5.81. The molecule has 2 fully saturated rings. The number of nitrogens with one attached hydrogen (secondary N) is 1. The van der Waals surface area contributed by atoms with Gasteiger partial charge in [-0.3, -0.25) is 20.1 Å². The van der Waals surface area contributed by atoms with E-state index in [9.17, 15) is 35.9 Å². The first-order chi connectivity index (χ1) is 29.3. The van der Waals surface area contributed by atoms with Gasteiger partial charge in [-0.15, -0.1) is 16.6 Å². The molecule has 0 aromatic carbocycles. The molecule has 1 amide bonds. The van der Waals surface area contributed by atoms with Crippen LogP contribution in [-0.4, -0.2) is 47.4 Å². The molecule has 2 saturated carbocycles. The number of ketones is 1. The van der Waals surface area contributed by atoms with Gasteiger partial charge in [0.05, 0.1) is 22.4 Å². The third-order valence-electron chi connectivity index (χ3n) is 8.76. The van der Waals surface area contributed by atoms with Crippen LogP contribution >= 0.6 is 22.7 Å². The predicted octanol–water partition coefficient (Wildman–Crippen LogP) is 11.6. The number of anilines is 1. The number of aromatic nitrogens is 6. The third-order valence-corrected chi connectivity index (χ3v) is 10.4. The SMILES string of the molecule is C.CC(C)(C)OC(=O)Nc1cnc2scnc2c1C1CC1.Cc1nc2c(C3CC3)c(CC(=O)Cc3ccnc(C(F)(F)F)c3)cnc2s1.N#COc1ccnc(C(F)(F)F)c1.[3HH].[3H][3H]. The van der Waals surface area contributed by atoms with Crippen molar-refractivity contribution in [2.45, 2.75) is 103 Å². The maximum Gasteiger partial charge on any atom is 0.433 e. The summed E-state index contributed by atoms with van der Waals surface area (Å²) in [5.41, 5.74) is 5.06. The molecular formula is C41H44F6N8O4S2. The van der Waals surface area contributed by atoms with Gasteiger partial charge in [0, 0.05) is 53.5 Å². The Morgan fingerprint density at radius 1 is 0.869 bits per heavy atom. The van der Waals surface area contributed by atoms with E-state index in [1.165, 1.54) is 41.1 Å². The topological polar surface area (TPSA) is 166 Å². The van der Waals surface area contributed by atoms with Crippen molar-refractivity contribution in [1.29, 1.82) is 5.26 Å². The number of aryl methyl sites for hydroxylation is 1. The standard InChI is InChI=1S/C19H16F3N3OS.C14H17N3O2S.C7H3F3N2O.CH4.2H2/c1-10-25-17-16(12-2-3-12)13(9-24-18(17)27-10)8-14(26)6-11-4-5-23-15(7-11)19(20,21)22;1-14(2,3)19-13(18)17-9-6-15-12-11(16-7-20-12)10(9)8-4-5-8;8-7(9,10)6-3-5(13-4-11)1-2-12-6;;;/h4-5,7,9,12H,2-3,6,8H2,1H3;6-8H,4-5H2,1-3H3,(H,17,18);1-3H;1H4;2*1H/i;;;;1+2T;1+2. The fourth-order valence-corrected chi connectivity index (χ4v) is 7.49. The molecule has 12 nitrogen and oxygen atoms in total. The predicted molar refractivity (Wildman–Crippen MR) is 221 cm³/mol. The highest BCUT2D eigenvalue weighted by atomic mass is 32.1. The van der Waals surface area contributed by atoms with Crippen LogP contribution in [-0.2, 0) is 34.7 Å². The lowest BCUT2D eigenvalue weighted by Gasteiger charge is -2.20. The van der Waals surface area contributed by atoms with Crippen LogP contribution in [0.4, 0.5) is 36.8 Å². The Kier molecular flexibility index (Phi) is 13.8. The number of halogens is 6. The van der Waals surface area contributed by atoms with Gasteiger partial charge in [-0.1, -0.05) is 18.8 Å². The summed E-state index contributed by atoms with van der Waals surface area (Å²) >= 11 is 3.04. The minimum absolute atomic E-state index is 0. The lowest BCUT2D eigenvalue weighted by atomic mass is 9.97. The monoisotopic (exact) mass is 896 g/mol. The van der Waals surface area contributed by atoms with E-state index < -0.39 is 35.4 Å². The van der Waals surface area contributed by atoms with Gasteiger partial charge in [-0.25, -0.2) is 24.7 Å². The van der Waals surface area contributed by atoms with Crippen LogP contribution in [0.3, 0.4) is 0 Å². The van der Waals surface area contributed by atoms with Crippen molar-refractivity contribution in [2.24, 2.45) is 0 Å². The summed E-state index contributed by atoms with van der Waals surface area (Å²) in [6.45, 7) is 7.46. The maximum atomic E-state index is 12.8.